The van der Waals surface area contributed by atoms with Crippen molar-refractivity contribution in [3.63, 3.8) is 0 Å². The lowest BCUT2D eigenvalue weighted by molar-refractivity contribution is -0.153. The SMILES string of the molecule is COC(=O)C(C)N(CC(=O)OC(C)(C)C)c1cccc(Cl)c1. The molecule has 1 aromatic carbocycles. The second kappa shape index (κ2) is 7.49. The molecular formula is C16H22ClNO4. The Morgan fingerprint density at radius 3 is 2.45 bits per heavy atom. The fourth-order valence-electron chi connectivity index (χ4n) is 1.92. The minimum absolute atomic E-state index is 0.0755. The van der Waals surface area contributed by atoms with Gasteiger partial charge in [0, 0.05) is 10.7 Å². The molecule has 0 heterocycles. The molecule has 0 fully saturated rings. The van der Waals surface area contributed by atoms with Crippen molar-refractivity contribution in [2.45, 2.75) is 39.3 Å². The predicted octanol–water partition coefficient (Wildman–Crippen LogP) is 3.05. The van der Waals surface area contributed by atoms with Gasteiger partial charge in [-0.25, -0.2) is 4.79 Å². The van der Waals surface area contributed by atoms with Crippen LogP contribution in [0.3, 0.4) is 0 Å². The largest absolute Gasteiger partial charge is 0.467 e. The highest BCUT2D eigenvalue weighted by atomic mass is 35.5. The van der Waals surface area contributed by atoms with E-state index in [0.717, 1.165) is 0 Å². The number of benzene rings is 1. The van der Waals surface area contributed by atoms with Crippen LogP contribution in [-0.4, -0.2) is 37.2 Å². The Bertz CT molecular complexity index is 539. The third-order valence-electron chi connectivity index (χ3n) is 2.87. The summed E-state index contributed by atoms with van der Waals surface area (Å²) in [6.45, 7) is 6.96. The van der Waals surface area contributed by atoms with Crippen LogP contribution in [0.25, 0.3) is 0 Å². The molecule has 0 amide bonds. The van der Waals surface area contributed by atoms with Gasteiger partial charge in [-0.05, 0) is 45.9 Å². The lowest BCUT2D eigenvalue weighted by atomic mass is 10.2. The summed E-state index contributed by atoms with van der Waals surface area (Å²) < 4.78 is 10.1. The number of nitrogens with zero attached hydrogens (tertiary/aromatic N) is 1. The number of rotatable bonds is 5. The summed E-state index contributed by atoms with van der Waals surface area (Å²) in [6.07, 6.45) is 0. The molecule has 122 valence electrons. The summed E-state index contributed by atoms with van der Waals surface area (Å²) in [4.78, 5) is 25.5. The molecule has 6 heteroatoms. The van der Waals surface area contributed by atoms with Crippen molar-refractivity contribution in [2.75, 3.05) is 18.6 Å². The lowest BCUT2D eigenvalue weighted by Crippen LogP contribution is -2.44. The van der Waals surface area contributed by atoms with Crippen molar-refractivity contribution < 1.29 is 19.1 Å². The third-order valence-corrected chi connectivity index (χ3v) is 3.10. The fourth-order valence-corrected chi connectivity index (χ4v) is 2.10. The van der Waals surface area contributed by atoms with E-state index in [1.807, 2.05) is 0 Å². The van der Waals surface area contributed by atoms with Gasteiger partial charge in [0.25, 0.3) is 0 Å². The third kappa shape index (κ3) is 5.56. The van der Waals surface area contributed by atoms with Crippen molar-refractivity contribution >= 4 is 29.2 Å². The van der Waals surface area contributed by atoms with Gasteiger partial charge in [-0.2, -0.15) is 0 Å². The van der Waals surface area contributed by atoms with Gasteiger partial charge in [-0.1, -0.05) is 17.7 Å². The van der Waals surface area contributed by atoms with Gasteiger partial charge in [0.1, 0.15) is 18.2 Å². The first-order valence-corrected chi connectivity index (χ1v) is 7.33. The highest BCUT2D eigenvalue weighted by molar-refractivity contribution is 6.30. The van der Waals surface area contributed by atoms with Crippen LogP contribution in [0.1, 0.15) is 27.7 Å². The van der Waals surface area contributed by atoms with Crippen LogP contribution < -0.4 is 4.90 Å². The van der Waals surface area contributed by atoms with E-state index in [2.05, 4.69) is 0 Å². The van der Waals surface area contributed by atoms with Crippen LogP contribution >= 0.6 is 11.6 Å². The zero-order valence-corrected chi connectivity index (χ0v) is 14.3. The Morgan fingerprint density at radius 1 is 1.32 bits per heavy atom. The second-order valence-corrected chi connectivity index (χ2v) is 6.33. The maximum Gasteiger partial charge on any atom is 0.328 e. The van der Waals surface area contributed by atoms with Crippen molar-refractivity contribution in [1.82, 2.24) is 0 Å². The fraction of sp³-hybridized carbons (Fsp3) is 0.500. The summed E-state index contributed by atoms with van der Waals surface area (Å²) in [5, 5.41) is 0.517. The monoisotopic (exact) mass is 327 g/mol. The van der Waals surface area contributed by atoms with E-state index in [1.54, 1.807) is 56.9 Å². The Hall–Kier alpha value is -1.75. The molecule has 1 unspecified atom stereocenters. The number of hydrogen-bond donors (Lipinski definition) is 0. The van der Waals surface area contributed by atoms with Gasteiger partial charge >= 0.3 is 11.9 Å². The quantitative estimate of drug-likeness (QED) is 0.778. The molecular weight excluding hydrogens is 306 g/mol. The standard InChI is InChI=1S/C16H22ClNO4/c1-11(15(20)21-5)18(10-14(19)22-16(2,3)4)13-8-6-7-12(17)9-13/h6-9,11H,10H2,1-5H3. The minimum Gasteiger partial charge on any atom is -0.467 e. The van der Waals surface area contributed by atoms with Gasteiger partial charge in [-0.3, -0.25) is 4.79 Å². The molecule has 0 aliphatic rings. The molecule has 0 N–H and O–H groups in total. The van der Waals surface area contributed by atoms with Gasteiger partial charge in [0.05, 0.1) is 7.11 Å². The van der Waals surface area contributed by atoms with E-state index < -0.39 is 23.6 Å². The first-order chi connectivity index (χ1) is 10.1. The van der Waals surface area contributed by atoms with Crippen LogP contribution in [0.5, 0.6) is 0 Å². The van der Waals surface area contributed by atoms with Gasteiger partial charge in [0.15, 0.2) is 0 Å². The molecule has 0 spiro atoms. The summed E-state index contributed by atoms with van der Waals surface area (Å²) >= 11 is 5.99. The molecule has 1 atom stereocenters. The topological polar surface area (TPSA) is 55.8 Å². The lowest BCUT2D eigenvalue weighted by Gasteiger charge is -2.30. The second-order valence-electron chi connectivity index (χ2n) is 5.89. The number of carbonyl (C=O) groups is 2. The maximum absolute atomic E-state index is 12.1. The van der Waals surface area contributed by atoms with Crippen LogP contribution in [0.2, 0.25) is 5.02 Å². The number of anilines is 1. The van der Waals surface area contributed by atoms with E-state index in [4.69, 9.17) is 21.1 Å². The van der Waals surface area contributed by atoms with Gasteiger partial charge in [-0.15, -0.1) is 0 Å². The van der Waals surface area contributed by atoms with Gasteiger partial charge < -0.3 is 14.4 Å². The minimum atomic E-state index is -0.643. The molecule has 22 heavy (non-hydrogen) atoms. The summed E-state index contributed by atoms with van der Waals surface area (Å²) in [6, 6.07) is 6.29. The van der Waals surface area contributed by atoms with Crippen LogP contribution in [0.4, 0.5) is 5.69 Å². The molecule has 0 aliphatic heterocycles. The molecule has 0 bridgehead atoms. The predicted molar refractivity (Wildman–Crippen MR) is 86.1 cm³/mol. The molecule has 0 radical (unpaired) electrons. The number of carbonyl (C=O) groups excluding carboxylic acids is 2. The molecule has 0 aliphatic carbocycles. The summed E-state index contributed by atoms with van der Waals surface area (Å²) in [7, 11) is 1.31. The van der Waals surface area contributed by atoms with Crippen molar-refractivity contribution in [2.24, 2.45) is 0 Å². The molecule has 0 aromatic heterocycles. The molecule has 1 rings (SSSR count). The van der Waals surface area contributed by atoms with E-state index in [-0.39, 0.29) is 6.54 Å². The van der Waals surface area contributed by atoms with E-state index >= 15 is 0 Å². The van der Waals surface area contributed by atoms with Crippen molar-refractivity contribution in [3.05, 3.63) is 29.3 Å². The first-order valence-electron chi connectivity index (χ1n) is 6.96. The first kappa shape index (κ1) is 18.3. The van der Waals surface area contributed by atoms with Crippen LogP contribution in [0, 0.1) is 0 Å². The molecule has 1 aromatic rings. The van der Waals surface area contributed by atoms with E-state index in [9.17, 15) is 9.59 Å². The number of halogens is 1. The Balaban J connectivity index is 3.02. The number of ether oxygens (including phenoxy) is 2. The normalized spacial score (nSPS) is 12.5. The summed E-state index contributed by atoms with van der Waals surface area (Å²) in [5.41, 5.74) is 0.0576. The van der Waals surface area contributed by atoms with Crippen LogP contribution in [0.15, 0.2) is 24.3 Å². The Kier molecular flexibility index (Phi) is 6.23. The average Bonchev–Trinajstić information content (AvgIpc) is 2.41. The molecule has 0 saturated carbocycles. The van der Waals surface area contributed by atoms with E-state index in [1.165, 1.54) is 7.11 Å². The number of esters is 2. The highest BCUT2D eigenvalue weighted by Crippen LogP contribution is 2.22. The Morgan fingerprint density at radius 2 is 1.95 bits per heavy atom. The van der Waals surface area contributed by atoms with Crippen molar-refractivity contribution in [1.29, 1.82) is 0 Å². The smallest absolute Gasteiger partial charge is 0.328 e. The maximum atomic E-state index is 12.1. The zero-order chi connectivity index (χ0) is 16.9. The van der Waals surface area contributed by atoms with Crippen molar-refractivity contribution in [3.8, 4) is 0 Å². The van der Waals surface area contributed by atoms with Crippen LogP contribution in [-0.2, 0) is 19.1 Å². The van der Waals surface area contributed by atoms with Gasteiger partial charge in [0.2, 0.25) is 0 Å². The number of hydrogen-bond acceptors (Lipinski definition) is 5. The average molecular weight is 328 g/mol. The molecule has 0 saturated heterocycles. The molecule has 5 nitrogen and oxygen atoms in total. The number of methoxy groups -OCH3 is 1. The highest BCUT2D eigenvalue weighted by Gasteiger charge is 2.27. The van der Waals surface area contributed by atoms with E-state index in [0.29, 0.717) is 10.7 Å². The Labute approximate surface area is 136 Å². The zero-order valence-electron chi connectivity index (χ0n) is 13.6. The summed E-state index contributed by atoms with van der Waals surface area (Å²) in [5.74, 6) is -0.869.